The van der Waals surface area contributed by atoms with Crippen molar-refractivity contribution in [3.8, 4) is 0 Å². The molecule has 1 atom stereocenters. The van der Waals surface area contributed by atoms with E-state index in [4.69, 9.17) is 11.6 Å². The lowest BCUT2D eigenvalue weighted by Crippen LogP contribution is -2.43. The van der Waals surface area contributed by atoms with Crippen LogP contribution in [-0.4, -0.2) is 16.7 Å². The molecule has 176 valence electrons. The molecule has 0 saturated heterocycles. The molecule has 4 aromatic rings. The lowest BCUT2D eigenvalue weighted by Gasteiger charge is -2.32. The van der Waals surface area contributed by atoms with E-state index in [2.05, 4.69) is 5.32 Å². The summed E-state index contributed by atoms with van der Waals surface area (Å²) in [6.07, 6.45) is 0.198. The minimum atomic E-state index is -0.785. The average Bonchev–Trinajstić information content (AvgIpc) is 2.90. The van der Waals surface area contributed by atoms with Crippen LogP contribution in [0.4, 0.5) is 0 Å². The Labute approximate surface area is 211 Å². The molecule has 0 radical (unpaired) electrons. The number of hydrogen-bond donors (Lipinski definition) is 1. The van der Waals surface area contributed by atoms with Gasteiger partial charge < -0.3 is 10.2 Å². The topological polar surface area (TPSA) is 49.4 Å². The van der Waals surface area contributed by atoms with Crippen molar-refractivity contribution in [1.82, 2.24) is 10.2 Å². The molecule has 0 spiro atoms. The summed E-state index contributed by atoms with van der Waals surface area (Å²) < 4.78 is 0. The van der Waals surface area contributed by atoms with Crippen molar-refractivity contribution < 1.29 is 9.59 Å². The van der Waals surface area contributed by atoms with E-state index in [1.165, 1.54) is 0 Å². The Hall–Kier alpha value is -3.89. The molecular weight excluding hydrogens is 456 g/mol. The Morgan fingerprint density at radius 1 is 0.686 bits per heavy atom. The van der Waals surface area contributed by atoms with Crippen LogP contribution in [0.2, 0.25) is 5.02 Å². The van der Waals surface area contributed by atoms with Gasteiger partial charge in [-0.1, -0.05) is 115 Å². The predicted octanol–water partition coefficient (Wildman–Crippen LogP) is 5.97. The molecule has 0 aliphatic heterocycles. The Bertz CT molecular complexity index is 1230. The highest BCUT2D eigenvalue weighted by Crippen LogP contribution is 2.25. The van der Waals surface area contributed by atoms with Crippen molar-refractivity contribution in [3.63, 3.8) is 0 Å². The number of amides is 2. The third-order valence-electron chi connectivity index (χ3n) is 5.77. The van der Waals surface area contributed by atoms with Crippen molar-refractivity contribution in [2.75, 3.05) is 0 Å². The lowest BCUT2D eigenvalue weighted by molar-refractivity contribution is -0.141. The number of benzene rings is 4. The van der Waals surface area contributed by atoms with Crippen LogP contribution in [0.15, 0.2) is 115 Å². The molecule has 0 bridgehead atoms. The highest BCUT2D eigenvalue weighted by molar-refractivity contribution is 6.30. The van der Waals surface area contributed by atoms with Crippen LogP contribution in [-0.2, 0) is 29.1 Å². The van der Waals surface area contributed by atoms with Gasteiger partial charge in [0, 0.05) is 18.1 Å². The van der Waals surface area contributed by atoms with Crippen LogP contribution in [0.25, 0.3) is 0 Å². The molecule has 2 amide bonds. The maximum absolute atomic E-state index is 13.7. The first-order chi connectivity index (χ1) is 17.1. The van der Waals surface area contributed by atoms with Crippen LogP contribution in [0, 0.1) is 0 Å². The Balaban J connectivity index is 1.66. The maximum Gasteiger partial charge on any atom is 0.247 e. The summed E-state index contributed by atoms with van der Waals surface area (Å²) in [7, 11) is 0. The van der Waals surface area contributed by atoms with Crippen molar-refractivity contribution >= 4 is 23.4 Å². The second-order valence-electron chi connectivity index (χ2n) is 8.33. The smallest absolute Gasteiger partial charge is 0.247 e. The zero-order valence-electron chi connectivity index (χ0n) is 19.3. The fourth-order valence-corrected chi connectivity index (χ4v) is 4.10. The molecular formula is C30H27ClN2O2. The van der Waals surface area contributed by atoms with Crippen LogP contribution in [0.1, 0.15) is 28.3 Å². The maximum atomic E-state index is 13.7. The normalized spacial score (nSPS) is 11.5. The second-order valence-corrected chi connectivity index (χ2v) is 8.76. The first kappa shape index (κ1) is 24.2. The van der Waals surface area contributed by atoms with E-state index in [1.54, 1.807) is 17.0 Å². The van der Waals surface area contributed by atoms with Gasteiger partial charge in [0.1, 0.15) is 6.04 Å². The molecule has 0 aliphatic rings. The lowest BCUT2D eigenvalue weighted by atomic mass is 10.0. The molecule has 4 nitrogen and oxygen atoms in total. The number of hydrogen-bond acceptors (Lipinski definition) is 2. The zero-order valence-corrected chi connectivity index (χ0v) is 20.1. The van der Waals surface area contributed by atoms with Crippen LogP contribution >= 0.6 is 11.6 Å². The van der Waals surface area contributed by atoms with Gasteiger partial charge in [-0.3, -0.25) is 9.59 Å². The minimum absolute atomic E-state index is 0.130. The molecule has 35 heavy (non-hydrogen) atoms. The summed E-state index contributed by atoms with van der Waals surface area (Å²) in [6.45, 7) is 0.659. The quantitative estimate of drug-likeness (QED) is 0.319. The molecule has 4 rings (SSSR count). The van der Waals surface area contributed by atoms with Crippen molar-refractivity contribution in [1.29, 1.82) is 0 Å². The number of carbonyl (C=O) groups is 2. The molecule has 0 aromatic heterocycles. The average molecular weight is 483 g/mol. The van der Waals surface area contributed by atoms with E-state index in [-0.39, 0.29) is 24.8 Å². The zero-order chi connectivity index (χ0) is 24.5. The van der Waals surface area contributed by atoms with E-state index in [9.17, 15) is 9.59 Å². The third-order valence-corrected chi connectivity index (χ3v) is 6.02. The van der Waals surface area contributed by atoms with Crippen LogP contribution in [0.3, 0.4) is 0 Å². The van der Waals surface area contributed by atoms with E-state index in [0.29, 0.717) is 11.6 Å². The Morgan fingerprint density at radius 2 is 1.23 bits per heavy atom. The van der Waals surface area contributed by atoms with Crippen LogP contribution in [0.5, 0.6) is 0 Å². The van der Waals surface area contributed by atoms with Gasteiger partial charge in [-0.15, -0.1) is 0 Å². The minimum Gasteiger partial charge on any atom is -0.350 e. The molecule has 4 aromatic carbocycles. The first-order valence-electron chi connectivity index (χ1n) is 11.5. The number of nitrogens with one attached hydrogen (secondary N) is 1. The highest BCUT2D eigenvalue weighted by atomic mass is 35.5. The summed E-state index contributed by atoms with van der Waals surface area (Å²) in [4.78, 5) is 29.0. The SMILES string of the molecule is O=C(NCc1ccccc1)C(c1ccccc1)N(Cc1ccc(Cl)cc1)C(=O)Cc1ccccc1. The third kappa shape index (κ3) is 6.81. The monoisotopic (exact) mass is 482 g/mol. The van der Waals surface area contributed by atoms with Crippen LogP contribution < -0.4 is 5.32 Å². The van der Waals surface area contributed by atoms with Gasteiger partial charge >= 0.3 is 0 Å². The van der Waals surface area contributed by atoms with Gasteiger partial charge in [0.2, 0.25) is 11.8 Å². The number of carbonyl (C=O) groups excluding carboxylic acids is 2. The van der Waals surface area contributed by atoms with Crippen molar-refractivity contribution in [3.05, 3.63) is 143 Å². The molecule has 1 unspecified atom stereocenters. The summed E-state index contributed by atoms with van der Waals surface area (Å²) in [5, 5.41) is 3.66. The second kappa shape index (κ2) is 12.0. The fraction of sp³-hybridized carbons (Fsp3) is 0.133. The molecule has 0 saturated carbocycles. The van der Waals surface area contributed by atoms with E-state index >= 15 is 0 Å². The van der Waals surface area contributed by atoms with Gasteiger partial charge in [0.15, 0.2) is 0 Å². The van der Waals surface area contributed by atoms with E-state index in [1.807, 2.05) is 103 Å². The molecule has 5 heteroatoms. The number of nitrogens with zero attached hydrogens (tertiary/aromatic N) is 1. The number of halogens is 1. The molecule has 0 heterocycles. The molecule has 0 aliphatic carbocycles. The summed E-state index contributed by atoms with van der Waals surface area (Å²) in [5.74, 6) is -0.356. The van der Waals surface area contributed by atoms with Gasteiger partial charge in [0.05, 0.1) is 6.42 Å². The summed E-state index contributed by atoms with van der Waals surface area (Å²) in [6, 6.07) is 35.3. The largest absolute Gasteiger partial charge is 0.350 e. The van der Waals surface area contributed by atoms with Crippen molar-refractivity contribution in [2.45, 2.75) is 25.6 Å². The highest BCUT2D eigenvalue weighted by Gasteiger charge is 2.31. The summed E-state index contributed by atoms with van der Waals surface area (Å²) in [5.41, 5.74) is 3.55. The van der Waals surface area contributed by atoms with Gasteiger partial charge in [0.25, 0.3) is 0 Å². The Morgan fingerprint density at radius 3 is 1.83 bits per heavy atom. The van der Waals surface area contributed by atoms with Gasteiger partial charge in [-0.2, -0.15) is 0 Å². The van der Waals surface area contributed by atoms with Gasteiger partial charge in [-0.25, -0.2) is 0 Å². The Kier molecular flexibility index (Phi) is 8.31. The standard InChI is InChI=1S/C30H27ClN2O2/c31-27-18-16-25(17-19-27)22-33(28(34)20-23-10-4-1-5-11-23)29(26-14-8-3-9-15-26)30(35)32-21-24-12-6-2-7-13-24/h1-19,29H,20-22H2,(H,32,35). The van der Waals surface area contributed by atoms with Gasteiger partial charge in [-0.05, 0) is 34.4 Å². The van der Waals surface area contributed by atoms with E-state index < -0.39 is 6.04 Å². The summed E-state index contributed by atoms with van der Waals surface area (Å²) >= 11 is 6.08. The first-order valence-corrected chi connectivity index (χ1v) is 11.9. The number of rotatable bonds is 9. The van der Waals surface area contributed by atoms with E-state index in [0.717, 1.165) is 22.3 Å². The predicted molar refractivity (Wildman–Crippen MR) is 140 cm³/mol. The molecule has 0 fully saturated rings. The molecule has 1 N–H and O–H groups in total. The fourth-order valence-electron chi connectivity index (χ4n) is 3.97. The van der Waals surface area contributed by atoms with Crippen molar-refractivity contribution in [2.24, 2.45) is 0 Å².